The molecule has 0 unspecified atom stereocenters. The lowest BCUT2D eigenvalue weighted by Crippen LogP contribution is -2.46. The standard InChI is InChI=1S/C18H21N5O3S/c1-2-10-22-15(19-20-21-22)11-26-17(25)14-12-27-18(9-8-16(24)23(14)18)13-6-4-3-5-7-13/h3-7,14H,2,8-12H2,1H3/t14-,18-/m1/s1. The summed E-state index contributed by atoms with van der Waals surface area (Å²) in [5, 5.41) is 11.4. The van der Waals surface area contributed by atoms with Gasteiger partial charge in [0.25, 0.3) is 0 Å². The second kappa shape index (κ2) is 7.30. The van der Waals surface area contributed by atoms with Gasteiger partial charge in [0.05, 0.1) is 0 Å². The minimum Gasteiger partial charge on any atom is -0.456 e. The molecule has 0 saturated carbocycles. The molecule has 1 amide bonds. The summed E-state index contributed by atoms with van der Waals surface area (Å²) in [5.74, 6) is 0.639. The van der Waals surface area contributed by atoms with Crippen molar-refractivity contribution in [2.45, 2.75) is 50.3 Å². The van der Waals surface area contributed by atoms with E-state index in [0.29, 0.717) is 31.0 Å². The van der Waals surface area contributed by atoms with Crippen LogP contribution in [-0.2, 0) is 32.3 Å². The fraction of sp³-hybridized carbons (Fsp3) is 0.500. The highest BCUT2D eigenvalue weighted by atomic mass is 32.2. The molecule has 2 atom stereocenters. The Hall–Kier alpha value is -2.42. The fourth-order valence-corrected chi connectivity index (χ4v) is 5.40. The smallest absolute Gasteiger partial charge is 0.330 e. The predicted octanol–water partition coefficient (Wildman–Crippen LogP) is 1.72. The minimum atomic E-state index is -0.583. The monoisotopic (exact) mass is 387 g/mol. The molecule has 2 aromatic rings. The van der Waals surface area contributed by atoms with Gasteiger partial charge in [-0.25, -0.2) is 9.48 Å². The second-order valence-corrected chi connectivity index (χ2v) is 7.96. The summed E-state index contributed by atoms with van der Waals surface area (Å²) in [6.45, 7) is 2.70. The zero-order chi connectivity index (χ0) is 18.9. The lowest BCUT2D eigenvalue weighted by Gasteiger charge is -2.33. The number of thioether (sulfide) groups is 1. The molecule has 1 aromatic heterocycles. The molecule has 0 bridgehead atoms. The number of hydrogen-bond donors (Lipinski definition) is 0. The molecule has 1 aromatic carbocycles. The van der Waals surface area contributed by atoms with Crippen LogP contribution in [0.1, 0.15) is 37.6 Å². The first kappa shape index (κ1) is 18.0. The molecule has 2 fully saturated rings. The van der Waals surface area contributed by atoms with Gasteiger partial charge in [0, 0.05) is 18.7 Å². The summed E-state index contributed by atoms with van der Waals surface area (Å²) in [4.78, 5) is 26.6. The van der Waals surface area contributed by atoms with Crippen LogP contribution in [0.3, 0.4) is 0 Å². The zero-order valence-corrected chi connectivity index (χ0v) is 15.9. The van der Waals surface area contributed by atoms with E-state index in [0.717, 1.165) is 12.0 Å². The van der Waals surface area contributed by atoms with Crippen molar-refractivity contribution in [3.05, 3.63) is 41.7 Å². The zero-order valence-electron chi connectivity index (χ0n) is 15.1. The first-order chi connectivity index (χ1) is 13.2. The molecular weight excluding hydrogens is 366 g/mol. The Morgan fingerprint density at radius 2 is 2.19 bits per heavy atom. The molecule has 3 heterocycles. The van der Waals surface area contributed by atoms with E-state index in [4.69, 9.17) is 4.74 Å². The molecule has 2 aliphatic rings. The second-order valence-electron chi connectivity index (χ2n) is 6.67. The number of nitrogens with zero attached hydrogens (tertiary/aromatic N) is 5. The van der Waals surface area contributed by atoms with E-state index in [9.17, 15) is 9.59 Å². The number of tetrazole rings is 1. The summed E-state index contributed by atoms with van der Waals surface area (Å²) in [5.41, 5.74) is 1.06. The third kappa shape index (κ3) is 3.09. The van der Waals surface area contributed by atoms with Gasteiger partial charge < -0.3 is 9.64 Å². The van der Waals surface area contributed by atoms with Crippen LogP contribution in [0.4, 0.5) is 0 Å². The number of rotatable bonds is 6. The molecule has 0 radical (unpaired) electrons. The normalized spacial score (nSPS) is 24.3. The molecular formula is C18H21N5O3S. The fourth-order valence-electron chi connectivity index (χ4n) is 3.76. The Kier molecular flexibility index (Phi) is 4.86. The average Bonchev–Trinajstić information content (AvgIpc) is 3.38. The molecule has 27 heavy (non-hydrogen) atoms. The number of carbonyl (C=O) groups is 2. The van der Waals surface area contributed by atoms with E-state index in [-0.39, 0.29) is 12.5 Å². The van der Waals surface area contributed by atoms with Crippen molar-refractivity contribution in [2.24, 2.45) is 0 Å². The average molecular weight is 387 g/mol. The first-order valence-corrected chi connectivity index (χ1v) is 10.1. The highest BCUT2D eigenvalue weighted by Crippen LogP contribution is 2.54. The van der Waals surface area contributed by atoms with Crippen molar-refractivity contribution in [3.8, 4) is 0 Å². The van der Waals surface area contributed by atoms with Gasteiger partial charge >= 0.3 is 5.97 Å². The van der Waals surface area contributed by atoms with Crippen LogP contribution >= 0.6 is 11.8 Å². The molecule has 0 spiro atoms. The van der Waals surface area contributed by atoms with Crippen LogP contribution in [0, 0.1) is 0 Å². The third-order valence-electron chi connectivity index (χ3n) is 5.01. The van der Waals surface area contributed by atoms with Gasteiger partial charge in [0.15, 0.2) is 12.4 Å². The van der Waals surface area contributed by atoms with Crippen molar-refractivity contribution in [3.63, 3.8) is 0 Å². The topological polar surface area (TPSA) is 90.2 Å². The number of amides is 1. The van der Waals surface area contributed by atoms with Gasteiger partial charge in [0.2, 0.25) is 5.91 Å². The number of ether oxygens (including phenoxy) is 1. The maximum absolute atomic E-state index is 12.8. The van der Waals surface area contributed by atoms with E-state index >= 15 is 0 Å². The van der Waals surface area contributed by atoms with Crippen molar-refractivity contribution < 1.29 is 14.3 Å². The maximum atomic E-state index is 12.8. The van der Waals surface area contributed by atoms with Crippen molar-refractivity contribution >= 4 is 23.6 Å². The Labute approximate surface area is 161 Å². The van der Waals surface area contributed by atoms with E-state index in [2.05, 4.69) is 15.5 Å². The number of hydrogen-bond acceptors (Lipinski definition) is 7. The molecule has 8 nitrogen and oxygen atoms in total. The van der Waals surface area contributed by atoms with Crippen molar-refractivity contribution in [1.82, 2.24) is 25.1 Å². The number of benzene rings is 1. The Balaban J connectivity index is 1.50. The maximum Gasteiger partial charge on any atom is 0.330 e. The van der Waals surface area contributed by atoms with Crippen LogP contribution in [-0.4, -0.2) is 48.8 Å². The van der Waals surface area contributed by atoms with Crippen molar-refractivity contribution in [2.75, 3.05) is 5.75 Å². The van der Waals surface area contributed by atoms with Crippen LogP contribution in [0.2, 0.25) is 0 Å². The molecule has 9 heteroatoms. The largest absolute Gasteiger partial charge is 0.456 e. The third-order valence-corrected chi connectivity index (χ3v) is 6.61. The molecule has 0 N–H and O–H groups in total. The van der Waals surface area contributed by atoms with Crippen LogP contribution < -0.4 is 0 Å². The van der Waals surface area contributed by atoms with Gasteiger partial charge in [-0.1, -0.05) is 37.3 Å². The Morgan fingerprint density at radius 1 is 1.37 bits per heavy atom. The van der Waals surface area contributed by atoms with Crippen molar-refractivity contribution in [1.29, 1.82) is 0 Å². The van der Waals surface area contributed by atoms with Gasteiger partial charge in [-0.15, -0.1) is 16.9 Å². The van der Waals surface area contributed by atoms with Gasteiger partial charge in [-0.2, -0.15) is 0 Å². The van der Waals surface area contributed by atoms with Gasteiger partial charge in [-0.05, 0) is 28.8 Å². The predicted molar refractivity (Wildman–Crippen MR) is 98.4 cm³/mol. The Morgan fingerprint density at radius 3 is 2.96 bits per heavy atom. The van der Waals surface area contributed by atoms with E-state index in [1.165, 1.54) is 0 Å². The number of carbonyl (C=O) groups excluding carboxylic acids is 2. The number of fused-ring (bicyclic) bond motifs is 1. The van der Waals surface area contributed by atoms with E-state index in [1.54, 1.807) is 21.3 Å². The van der Waals surface area contributed by atoms with Gasteiger partial charge in [0.1, 0.15) is 10.9 Å². The lowest BCUT2D eigenvalue weighted by molar-refractivity contribution is -0.155. The first-order valence-electron chi connectivity index (χ1n) is 9.09. The number of aromatic nitrogens is 4. The summed E-state index contributed by atoms with van der Waals surface area (Å²) < 4.78 is 7.12. The summed E-state index contributed by atoms with van der Waals surface area (Å²) in [7, 11) is 0. The highest BCUT2D eigenvalue weighted by Gasteiger charge is 2.57. The molecule has 2 saturated heterocycles. The highest BCUT2D eigenvalue weighted by molar-refractivity contribution is 8.00. The summed E-state index contributed by atoms with van der Waals surface area (Å²) in [6, 6.07) is 9.33. The van der Waals surface area contributed by atoms with Crippen LogP contribution in [0.25, 0.3) is 0 Å². The van der Waals surface area contributed by atoms with Crippen LogP contribution in [0.15, 0.2) is 30.3 Å². The quantitative estimate of drug-likeness (QED) is 0.697. The SMILES string of the molecule is CCCn1nnnc1COC(=O)[C@H]1CS[C@@]2(c3ccccc3)CCC(=O)N12. The molecule has 142 valence electrons. The lowest BCUT2D eigenvalue weighted by atomic mass is 10.0. The molecule has 2 aliphatic heterocycles. The molecule has 0 aliphatic carbocycles. The van der Waals surface area contributed by atoms with Crippen LogP contribution in [0.5, 0.6) is 0 Å². The number of esters is 1. The van der Waals surface area contributed by atoms with Gasteiger partial charge in [-0.3, -0.25) is 4.79 Å². The molecule has 4 rings (SSSR count). The van der Waals surface area contributed by atoms with E-state index in [1.807, 2.05) is 37.3 Å². The number of aryl methyl sites for hydroxylation is 1. The minimum absolute atomic E-state index is 0.00150. The summed E-state index contributed by atoms with van der Waals surface area (Å²) >= 11 is 1.65. The Bertz CT molecular complexity index is 843. The van der Waals surface area contributed by atoms with E-state index < -0.39 is 16.9 Å². The summed E-state index contributed by atoms with van der Waals surface area (Å²) in [6.07, 6.45) is 2.03.